The molecule has 0 radical (unpaired) electrons. The van der Waals surface area contributed by atoms with Gasteiger partial charge in [0.15, 0.2) is 0 Å². The lowest BCUT2D eigenvalue weighted by atomic mass is 10.2. The highest BCUT2D eigenvalue weighted by Gasteiger charge is 2.24. The molecule has 88 valence electrons. The van der Waals surface area contributed by atoms with Crippen LogP contribution >= 0.6 is 0 Å². The molecular weight excluding hydrogens is 216 g/mol. The van der Waals surface area contributed by atoms with E-state index < -0.39 is 0 Å². The van der Waals surface area contributed by atoms with E-state index in [9.17, 15) is 4.79 Å². The summed E-state index contributed by atoms with van der Waals surface area (Å²) in [5.74, 6) is -0.0304. The van der Waals surface area contributed by atoms with E-state index in [0.29, 0.717) is 5.69 Å². The van der Waals surface area contributed by atoms with Gasteiger partial charge in [0, 0.05) is 19.8 Å². The lowest BCUT2D eigenvalue weighted by molar-refractivity contribution is 0.0928. The molecule has 1 unspecified atom stereocenters. The average molecular weight is 230 g/mol. The summed E-state index contributed by atoms with van der Waals surface area (Å²) in [4.78, 5) is 16.1. The number of imidazole rings is 1. The minimum Gasteiger partial charge on any atom is -0.347 e. The maximum atomic E-state index is 12.1. The van der Waals surface area contributed by atoms with Crippen LogP contribution in [0.5, 0.6) is 0 Å². The largest absolute Gasteiger partial charge is 0.347 e. The number of hydrogen-bond donors (Lipinski definition) is 1. The van der Waals surface area contributed by atoms with E-state index in [1.165, 1.54) is 0 Å². The van der Waals surface area contributed by atoms with E-state index in [-0.39, 0.29) is 11.9 Å². The Labute approximate surface area is 99.1 Å². The summed E-state index contributed by atoms with van der Waals surface area (Å²) in [6, 6.07) is 3.77. The quantitative estimate of drug-likeness (QED) is 0.839. The highest BCUT2D eigenvalue weighted by Crippen LogP contribution is 2.24. The van der Waals surface area contributed by atoms with E-state index in [0.717, 1.165) is 18.7 Å². The number of amides is 1. The molecule has 1 N–H and O–H groups in total. The number of hydrogen-bond acceptors (Lipinski definition) is 2. The molecule has 1 aliphatic heterocycles. The normalized spacial score (nSPS) is 18.1. The summed E-state index contributed by atoms with van der Waals surface area (Å²) in [6.07, 6.45) is 6.44. The molecule has 0 spiro atoms. The molecule has 1 atom stereocenters. The van der Waals surface area contributed by atoms with Crippen LogP contribution in [0.3, 0.4) is 0 Å². The Morgan fingerprint density at radius 3 is 3.24 bits per heavy atom. The van der Waals surface area contributed by atoms with Gasteiger partial charge in [-0.2, -0.15) is 0 Å². The van der Waals surface area contributed by atoms with Gasteiger partial charge >= 0.3 is 0 Å². The van der Waals surface area contributed by atoms with Crippen LogP contribution < -0.4 is 5.32 Å². The van der Waals surface area contributed by atoms with Crippen molar-refractivity contribution in [1.29, 1.82) is 0 Å². The fourth-order valence-corrected chi connectivity index (χ4v) is 2.30. The second kappa shape index (κ2) is 3.76. The topological polar surface area (TPSA) is 51.9 Å². The fraction of sp³-hybridized carbons (Fsp3) is 0.333. The molecule has 2 aromatic heterocycles. The van der Waals surface area contributed by atoms with Crippen molar-refractivity contribution in [2.45, 2.75) is 19.0 Å². The molecule has 0 aromatic carbocycles. The Morgan fingerprint density at radius 1 is 1.59 bits per heavy atom. The van der Waals surface area contributed by atoms with Crippen molar-refractivity contribution in [1.82, 2.24) is 19.4 Å². The first kappa shape index (κ1) is 10.1. The standard InChI is InChI=1S/C12H14N4O/c1-15-5-2-3-10(15)12(17)14-9-4-6-16-8-13-7-11(9)16/h2-3,5,7-9H,4,6H2,1H3,(H,14,17). The molecule has 0 fully saturated rings. The number of nitrogens with one attached hydrogen (secondary N) is 1. The molecular formula is C12H14N4O. The smallest absolute Gasteiger partial charge is 0.268 e. The van der Waals surface area contributed by atoms with Crippen LogP contribution in [0.2, 0.25) is 0 Å². The van der Waals surface area contributed by atoms with Gasteiger partial charge in [0.05, 0.1) is 24.3 Å². The lowest BCUT2D eigenvalue weighted by Crippen LogP contribution is -2.28. The van der Waals surface area contributed by atoms with Crippen molar-refractivity contribution < 1.29 is 4.79 Å². The Morgan fingerprint density at radius 2 is 2.47 bits per heavy atom. The molecule has 17 heavy (non-hydrogen) atoms. The van der Waals surface area contributed by atoms with Crippen molar-refractivity contribution in [3.63, 3.8) is 0 Å². The predicted molar refractivity (Wildman–Crippen MR) is 62.5 cm³/mol. The Kier molecular flexibility index (Phi) is 2.24. The molecule has 0 saturated heterocycles. The number of carbonyl (C=O) groups excluding carboxylic acids is 1. The molecule has 0 bridgehead atoms. The number of carbonyl (C=O) groups is 1. The van der Waals surface area contributed by atoms with Gasteiger partial charge in [-0.15, -0.1) is 0 Å². The van der Waals surface area contributed by atoms with Crippen molar-refractivity contribution in [3.05, 3.63) is 42.2 Å². The first-order valence-corrected chi connectivity index (χ1v) is 5.68. The number of fused-ring (bicyclic) bond motifs is 1. The lowest BCUT2D eigenvalue weighted by Gasteiger charge is -2.12. The monoisotopic (exact) mass is 230 g/mol. The van der Waals surface area contributed by atoms with Gasteiger partial charge in [-0.05, 0) is 18.6 Å². The highest BCUT2D eigenvalue weighted by atomic mass is 16.2. The first-order valence-electron chi connectivity index (χ1n) is 5.68. The second-order valence-corrected chi connectivity index (χ2v) is 4.33. The van der Waals surface area contributed by atoms with E-state index in [1.54, 1.807) is 0 Å². The van der Waals surface area contributed by atoms with Gasteiger partial charge in [-0.1, -0.05) is 0 Å². The fourth-order valence-electron chi connectivity index (χ4n) is 2.30. The van der Waals surface area contributed by atoms with Gasteiger partial charge in [0.1, 0.15) is 5.69 Å². The predicted octanol–water partition coefficient (Wildman–Crippen LogP) is 1.10. The molecule has 5 nitrogen and oxygen atoms in total. The number of aryl methyl sites for hydroxylation is 2. The number of aromatic nitrogens is 3. The van der Waals surface area contributed by atoms with Crippen molar-refractivity contribution in [2.75, 3.05) is 0 Å². The molecule has 0 saturated carbocycles. The van der Waals surface area contributed by atoms with Crippen LogP contribution in [-0.4, -0.2) is 20.0 Å². The van der Waals surface area contributed by atoms with Crippen LogP contribution in [-0.2, 0) is 13.6 Å². The minimum absolute atomic E-state index is 0.0304. The molecule has 1 amide bonds. The molecule has 3 rings (SSSR count). The van der Waals surface area contributed by atoms with Gasteiger partial charge < -0.3 is 14.5 Å². The summed E-state index contributed by atoms with van der Waals surface area (Å²) >= 11 is 0. The third-order valence-electron chi connectivity index (χ3n) is 3.24. The zero-order chi connectivity index (χ0) is 11.8. The van der Waals surface area contributed by atoms with Crippen LogP contribution in [0, 0.1) is 0 Å². The molecule has 3 heterocycles. The van der Waals surface area contributed by atoms with Crippen molar-refractivity contribution >= 4 is 5.91 Å². The summed E-state index contributed by atoms with van der Waals surface area (Å²) in [5, 5.41) is 3.04. The van der Waals surface area contributed by atoms with Gasteiger partial charge in [0.2, 0.25) is 0 Å². The Hall–Kier alpha value is -2.04. The highest BCUT2D eigenvalue weighted by molar-refractivity contribution is 5.92. The third-order valence-corrected chi connectivity index (χ3v) is 3.24. The molecule has 2 aromatic rings. The molecule has 1 aliphatic rings. The zero-order valence-corrected chi connectivity index (χ0v) is 9.63. The van der Waals surface area contributed by atoms with E-state index in [4.69, 9.17) is 0 Å². The molecule has 0 aliphatic carbocycles. The number of rotatable bonds is 2. The van der Waals surface area contributed by atoms with Crippen LogP contribution in [0.25, 0.3) is 0 Å². The summed E-state index contributed by atoms with van der Waals surface area (Å²) < 4.78 is 3.90. The van der Waals surface area contributed by atoms with Crippen LogP contribution in [0.15, 0.2) is 30.9 Å². The average Bonchev–Trinajstić information content (AvgIpc) is 2.96. The van der Waals surface area contributed by atoms with Crippen molar-refractivity contribution in [3.8, 4) is 0 Å². The SMILES string of the molecule is Cn1cccc1C(=O)NC1CCn2cncc21. The molecule has 5 heteroatoms. The summed E-state index contributed by atoms with van der Waals surface area (Å²) in [7, 11) is 1.87. The van der Waals surface area contributed by atoms with E-state index >= 15 is 0 Å². The van der Waals surface area contributed by atoms with Gasteiger partial charge in [-0.3, -0.25) is 4.79 Å². The number of nitrogens with zero attached hydrogens (tertiary/aromatic N) is 3. The van der Waals surface area contributed by atoms with Crippen LogP contribution in [0.4, 0.5) is 0 Å². The van der Waals surface area contributed by atoms with Crippen molar-refractivity contribution in [2.24, 2.45) is 7.05 Å². The van der Waals surface area contributed by atoms with E-state index in [2.05, 4.69) is 14.9 Å². The third kappa shape index (κ3) is 1.63. The van der Waals surface area contributed by atoms with E-state index in [1.807, 2.05) is 42.5 Å². The maximum absolute atomic E-state index is 12.1. The second-order valence-electron chi connectivity index (χ2n) is 4.33. The summed E-state index contributed by atoms with van der Waals surface area (Å²) in [6.45, 7) is 0.924. The summed E-state index contributed by atoms with van der Waals surface area (Å²) in [5.41, 5.74) is 1.77. The Balaban J connectivity index is 1.77. The van der Waals surface area contributed by atoms with Crippen LogP contribution in [0.1, 0.15) is 28.6 Å². The Bertz CT molecular complexity index is 554. The van der Waals surface area contributed by atoms with Gasteiger partial charge in [0.25, 0.3) is 5.91 Å². The first-order chi connectivity index (χ1) is 8.25. The maximum Gasteiger partial charge on any atom is 0.268 e. The van der Waals surface area contributed by atoms with Gasteiger partial charge in [-0.25, -0.2) is 4.98 Å². The zero-order valence-electron chi connectivity index (χ0n) is 9.63. The minimum atomic E-state index is -0.0304.